The molecule has 0 aliphatic heterocycles. The van der Waals surface area contributed by atoms with E-state index in [1.54, 1.807) is 6.20 Å². The van der Waals surface area contributed by atoms with E-state index < -0.39 is 12.0 Å². The fourth-order valence-corrected chi connectivity index (χ4v) is 3.15. The van der Waals surface area contributed by atoms with Gasteiger partial charge in [-0.25, -0.2) is 14.8 Å². The molecule has 25 heavy (non-hydrogen) atoms. The molecule has 0 fully saturated rings. The number of rotatable bonds is 8. The van der Waals surface area contributed by atoms with Crippen LogP contribution in [0.15, 0.2) is 46.1 Å². The number of amides is 2. The van der Waals surface area contributed by atoms with Crippen molar-refractivity contribution >= 4 is 39.4 Å². The second-order valence-electron chi connectivity index (χ2n) is 4.37. The first kappa shape index (κ1) is 18.7. The second kappa shape index (κ2) is 9.64. The van der Waals surface area contributed by atoms with Crippen molar-refractivity contribution in [1.29, 1.82) is 0 Å². The first-order chi connectivity index (χ1) is 12.1. The summed E-state index contributed by atoms with van der Waals surface area (Å²) in [5.74, 6) is -0.142. The Morgan fingerprint density at radius 2 is 2.24 bits per heavy atom. The Morgan fingerprint density at radius 1 is 1.40 bits per heavy atom. The summed E-state index contributed by atoms with van der Waals surface area (Å²) in [7, 11) is 4.39. The number of imidazole rings is 1. The van der Waals surface area contributed by atoms with Gasteiger partial charge in [-0.15, -0.1) is 5.11 Å². The summed E-state index contributed by atoms with van der Waals surface area (Å²) < 4.78 is 5.05. The highest BCUT2D eigenvalue weighted by Crippen LogP contribution is 2.28. The molecule has 3 N–H and O–H groups in total. The maximum absolute atomic E-state index is 11.8. The van der Waals surface area contributed by atoms with Gasteiger partial charge in [0.1, 0.15) is 11.6 Å². The van der Waals surface area contributed by atoms with E-state index in [1.165, 1.54) is 35.0 Å². The van der Waals surface area contributed by atoms with Crippen LogP contribution in [0, 0.1) is 0 Å². The highest BCUT2D eigenvalue weighted by atomic mass is 33.1. The number of aromatic nitrogens is 3. The molecule has 0 bridgehead atoms. The monoisotopic (exact) mass is 381 g/mol. The van der Waals surface area contributed by atoms with E-state index in [0.717, 1.165) is 10.0 Å². The van der Waals surface area contributed by atoms with Crippen LogP contribution in [0.4, 0.5) is 10.6 Å². The second-order valence-corrected chi connectivity index (χ2v) is 6.80. The number of hydrogen-bond donors (Lipinski definition) is 2. The zero-order chi connectivity index (χ0) is 18.1. The Kier molecular flexibility index (Phi) is 7.22. The van der Waals surface area contributed by atoms with Gasteiger partial charge in [0.15, 0.2) is 5.69 Å². The van der Waals surface area contributed by atoms with Gasteiger partial charge in [-0.1, -0.05) is 22.1 Å². The largest absolute Gasteiger partial charge is 0.447 e. The van der Waals surface area contributed by atoms with Crippen LogP contribution in [0.3, 0.4) is 0 Å². The van der Waals surface area contributed by atoms with E-state index in [0.29, 0.717) is 5.75 Å². The Labute approximate surface area is 151 Å². The number of hydrogen-bond acceptors (Lipinski definition) is 9. The van der Waals surface area contributed by atoms with Crippen LogP contribution >= 0.6 is 21.6 Å². The summed E-state index contributed by atoms with van der Waals surface area (Å²) in [4.78, 5) is 33.3. The van der Waals surface area contributed by atoms with E-state index >= 15 is 0 Å². The maximum atomic E-state index is 11.8. The van der Waals surface area contributed by atoms with Crippen molar-refractivity contribution in [3.8, 4) is 0 Å². The third kappa shape index (κ3) is 6.08. The van der Waals surface area contributed by atoms with E-state index in [1.807, 2.05) is 18.2 Å². The van der Waals surface area contributed by atoms with Crippen molar-refractivity contribution < 1.29 is 14.3 Å². The van der Waals surface area contributed by atoms with E-state index in [-0.39, 0.29) is 18.1 Å². The molecule has 2 aromatic heterocycles. The zero-order valence-electron chi connectivity index (χ0n) is 13.2. The van der Waals surface area contributed by atoms with Crippen LogP contribution in [0.25, 0.3) is 0 Å². The van der Waals surface area contributed by atoms with Crippen LogP contribution in [0.1, 0.15) is 10.5 Å². The number of carbonyl (C=O) groups is 2. The molecule has 0 aliphatic carbocycles. The molecule has 132 valence electrons. The highest BCUT2D eigenvalue weighted by molar-refractivity contribution is 8.76. The first-order valence-electron chi connectivity index (χ1n) is 6.93. The fraction of sp³-hybridized carbons (Fsp3) is 0.231. The molecule has 0 saturated heterocycles. The molecule has 2 aromatic rings. The number of nitrogens with zero attached hydrogens (tertiary/aromatic N) is 5. The summed E-state index contributed by atoms with van der Waals surface area (Å²) in [5.41, 5.74) is 5.14. The van der Waals surface area contributed by atoms with E-state index in [9.17, 15) is 9.59 Å². The fourth-order valence-electron chi connectivity index (χ4n) is 1.45. The van der Waals surface area contributed by atoms with Crippen molar-refractivity contribution in [1.82, 2.24) is 20.0 Å². The summed E-state index contributed by atoms with van der Waals surface area (Å²) in [6.07, 6.45) is 2.29. The normalized spacial score (nSPS) is 10.8. The quantitative estimate of drug-likeness (QED) is 0.310. The van der Waals surface area contributed by atoms with Crippen molar-refractivity contribution in [2.24, 2.45) is 16.1 Å². The van der Waals surface area contributed by atoms with Crippen molar-refractivity contribution in [3.05, 3.63) is 36.4 Å². The molecule has 0 unspecified atom stereocenters. The predicted molar refractivity (Wildman–Crippen MR) is 93.3 cm³/mol. The minimum absolute atomic E-state index is 0.00512. The van der Waals surface area contributed by atoms with E-state index in [2.05, 4.69) is 25.3 Å². The Bertz CT molecular complexity index is 738. The van der Waals surface area contributed by atoms with Crippen molar-refractivity contribution in [3.63, 3.8) is 0 Å². The molecule has 0 saturated carbocycles. The standard InChI is InChI=1S/C13H15N7O3S2/c1-20(19-18-12-10(11(14)21)16-8-17-12)13(22)23-6-7-24-25-9-4-2-3-5-15-9/h2-5,8H,6-7H2,1H3,(H2,14,21)(H,16,17). The number of nitrogens with two attached hydrogens (primary N) is 1. The van der Waals surface area contributed by atoms with Crippen molar-refractivity contribution in [2.45, 2.75) is 5.03 Å². The van der Waals surface area contributed by atoms with Gasteiger partial charge in [-0.3, -0.25) is 4.79 Å². The summed E-state index contributed by atoms with van der Waals surface area (Å²) in [6, 6.07) is 5.64. The summed E-state index contributed by atoms with van der Waals surface area (Å²) in [5, 5.41) is 9.09. The van der Waals surface area contributed by atoms with Gasteiger partial charge in [0.2, 0.25) is 5.82 Å². The Hall–Kier alpha value is -2.60. The molecule has 2 rings (SSSR count). The molecule has 0 spiro atoms. The number of ether oxygens (including phenoxy) is 1. The molecule has 0 radical (unpaired) electrons. The average molecular weight is 381 g/mol. The number of pyridine rings is 1. The minimum Gasteiger partial charge on any atom is -0.447 e. The van der Waals surface area contributed by atoms with Gasteiger partial charge < -0.3 is 15.5 Å². The van der Waals surface area contributed by atoms with Gasteiger partial charge in [0.25, 0.3) is 5.91 Å². The van der Waals surface area contributed by atoms with Gasteiger partial charge in [-0.05, 0) is 22.9 Å². The van der Waals surface area contributed by atoms with E-state index in [4.69, 9.17) is 10.5 Å². The average Bonchev–Trinajstić information content (AvgIpc) is 3.09. The van der Waals surface area contributed by atoms with Crippen LogP contribution in [0.5, 0.6) is 0 Å². The Morgan fingerprint density at radius 3 is 2.96 bits per heavy atom. The minimum atomic E-state index is -0.723. The SMILES string of the molecule is CN(N=Nc1nc[nH]c1C(N)=O)C(=O)OCCSSc1ccccn1. The topological polar surface area (TPSA) is 139 Å². The van der Waals surface area contributed by atoms with Gasteiger partial charge >= 0.3 is 6.09 Å². The zero-order valence-corrected chi connectivity index (χ0v) is 14.8. The lowest BCUT2D eigenvalue weighted by molar-refractivity contribution is 0.0996. The lowest BCUT2D eigenvalue weighted by Crippen LogP contribution is -2.22. The van der Waals surface area contributed by atoms with Gasteiger partial charge in [0, 0.05) is 19.0 Å². The predicted octanol–water partition coefficient (Wildman–Crippen LogP) is 2.41. The number of H-pyrrole nitrogens is 1. The maximum Gasteiger partial charge on any atom is 0.431 e. The number of carbonyl (C=O) groups excluding carboxylic acids is 2. The van der Waals surface area contributed by atoms with Crippen molar-refractivity contribution in [2.75, 3.05) is 19.4 Å². The molecule has 2 amide bonds. The molecule has 12 heteroatoms. The molecule has 0 aromatic carbocycles. The third-order valence-corrected chi connectivity index (χ3v) is 4.81. The molecular weight excluding hydrogens is 366 g/mol. The summed E-state index contributed by atoms with van der Waals surface area (Å²) >= 11 is 0. The first-order valence-corrected chi connectivity index (χ1v) is 9.25. The summed E-state index contributed by atoms with van der Waals surface area (Å²) in [6.45, 7) is 0.206. The third-order valence-electron chi connectivity index (χ3n) is 2.58. The lowest BCUT2D eigenvalue weighted by Gasteiger charge is -2.09. The van der Waals surface area contributed by atoms with Crippen LogP contribution in [-0.2, 0) is 4.74 Å². The molecule has 2 heterocycles. The smallest absolute Gasteiger partial charge is 0.431 e. The molecule has 0 atom stereocenters. The lowest BCUT2D eigenvalue weighted by atomic mass is 10.4. The number of aromatic amines is 1. The van der Waals surface area contributed by atoms with Crippen LogP contribution < -0.4 is 5.73 Å². The van der Waals surface area contributed by atoms with Crippen LogP contribution in [-0.4, -0.2) is 51.4 Å². The van der Waals surface area contributed by atoms with Gasteiger partial charge in [0.05, 0.1) is 6.33 Å². The Balaban J connectivity index is 1.70. The highest BCUT2D eigenvalue weighted by Gasteiger charge is 2.12. The molecule has 10 nitrogen and oxygen atoms in total. The van der Waals surface area contributed by atoms with Gasteiger partial charge in [-0.2, -0.15) is 5.01 Å². The number of primary amides is 1. The van der Waals surface area contributed by atoms with Crippen LogP contribution in [0.2, 0.25) is 0 Å². The molecule has 0 aliphatic rings. The molecular formula is C13H15N7O3S2. The number of nitrogens with one attached hydrogen (secondary N) is 1.